The number of halogens is 19. The minimum absolute atomic E-state index is 4.82. The zero-order valence-corrected chi connectivity index (χ0v) is 13.0. The van der Waals surface area contributed by atoms with E-state index in [0.717, 1.165) is 0 Å². The molecule has 1 heterocycles. The lowest BCUT2D eigenvalue weighted by molar-refractivity contribution is -0.551. The lowest BCUT2D eigenvalue weighted by Crippen LogP contribution is -2.90. The van der Waals surface area contributed by atoms with Crippen molar-refractivity contribution >= 4 is 6.04 Å². The standard InChI is InChI=1S/C10F19NO/c11-1(31)2(12,6(18,19)20)8(24,25)30-9(26,27)4(14,15)3(13,7(21,22)23)5(16,17)10(30,28)29. The Morgan fingerprint density at radius 3 is 1.10 bits per heavy atom. The van der Waals surface area contributed by atoms with Gasteiger partial charge in [-0.2, -0.15) is 74.6 Å². The van der Waals surface area contributed by atoms with Gasteiger partial charge < -0.3 is 0 Å². The van der Waals surface area contributed by atoms with Gasteiger partial charge in [0.05, 0.1) is 0 Å². The number of nitrogens with zero attached hydrogens (tertiary/aromatic N) is 1. The van der Waals surface area contributed by atoms with Gasteiger partial charge in [0.2, 0.25) is 0 Å². The molecule has 31 heavy (non-hydrogen) atoms. The summed E-state index contributed by atoms with van der Waals surface area (Å²) in [6.45, 7) is 0. The molecule has 1 fully saturated rings. The van der Waals surface area contributed by atoms with E-state index in [4.69, 9.17) is 0 Å². The molecule has 1 rings (SSSR count). The molecule has 1 atom stereocenters. The van der Waals surface area contributed by atoms with E-state index in [2.05, 4.69) is 0 Å². The van der Waals surface area contributed by atoms with Crippen LogP contribution < -0.4 is 0 Å². The fourth-order valence-electron chi connectivity index (χ4n) is 2.33. The minimum Gasteiger partial charge on any atom is -0.257 e. The van der Waals surface area contributed by atoms with Crippen molar-refractivity contribution in [2.24, 2.45) is 0 Å². The van der Waals surface area contributed by atoms with Crippen LogP contribution >= 0.6 is 0 Å². The third kappa shape index (κ3) is 2.69. The Balaban J connectivity index is 4.18. The zero-order valence-electron chi connectivity index (χ0n) is 13.0. The molecule has 2 nitrogen and oxygen atoms in total. The molecule has 1 saturated heterocycles. The van der Waals surface area contributed by atoms with Crippen molar-refractivity contribution in [1.29, 1.82) is 0 Å². The van der Waals surface area contributed by atoms with E-state index in [9.17, 15) is 88.2 Å². The van der Waals surface area contributed by atoms with Crippen LogP contribution in [-0.2, 0) is 4.79 Å². The Morgan fingerprint density at radius 1 is 0.613 bits per heavy atom. The Hall–Kier alpha value is -1.70. The van der Waals surface area contributed by atoms with Gasteiger partial charge in [0, 0.05) is 0 Å². The normalized spacial score (nSPS) is 27.5. The first-order valence-electron chi connectivity index (χ1n) is 6.47. The number of piperidine rings is 1. The maximum atomic E-state index is 13.7. The Morgan fingerprint density at radius 2 is 0.903 bits per heavy atom. The maximum Gasteiger partial charge on any atom is 0.440 e. The molecule has 21 heteroatoms. The molecule has 0 amide bonds. The van der Waals surface area contributed by atoms with Crippen molar-refractivity contribution in [3.05, 3.63) is 0 Å². The molecule has 1 unspecified atom stereocenters. The third-order valence-corrected chi connectivity index (χ3v) is 3.93. The van der Waals surface area contributed by atoms with Crippen LogP contribution in [0, 0.1) is 0 Å². The third-order valence-electron chi connectivity index (χ3n) is 3.93. The molecule has 0 saturated carbocycles. The zero-order chi connectivity index (χ0) is 25.7. The van der Waals surface area contributed by atoms with Gasteiger partial charge in [-0.3, -0.25) is 4.79 Å². The number of rotatable bonds is 3. The second-order valence-corrected chi connectivity index (χ2v) is 5.69. The topological polar surface area (TPSA) is 20.3 Å². The van der Waals surface area contributed by atoms with Crippen molar-refractivity contribution in [3.8, 4) is 0 Å². The summed E-state index contributed by atoms with van der Waals surface area (Å²) in [6.07, 6.45) is -16.1. The maximum absolute atomic E-state index is 13.7. The summed E-state index contributed by atoms with van der Waals surface area (Å²) >= 11 is 0. The second kappa shape index (κ2) is 6.21. The fourth-order valence-corrected chi connectivity index (χ4v) is 2.33. The smallest absolute Gasteiger partial charge is 0.257 e. The van der Waals surface area contributed by atoms with E-state index < -0.39 is 64.6 Å². The number of carbonyl (C=O) groups excluding carboxylic acids is 1. The number of hydrogen-bond acceptors (Lipinski definition) is 2. The summed E-state index contributed by atoms with van der Waals surface area (Å²) < 4.78 is 249. The van der Waals surface area contributed by atoms with Gasteiger partial charge in [-0.25, -0.2) is 8.78 Å². The van der Waals surface area contributed by atoms with Crippen molar-refractivity contribution < 1.29 is 88.2 Å². The van der Waals surface area contributed by atoms with Gasteiger partial charge in [-0.15, -0.1) is 4.90 Å². The van der Waals surface area contributed by atoms with Crippen LogP contribution in [0.25, 0.3) is 0 Å². The Bertz CT molecular complexity index is 720. The molecule has 0 aromatic heterocycles. The van der Waals surface area contributed by atoms with Gasteiger partial charge in [0.25, 0.3) is 0 Å². The summed E-state index contributed by atoms with van der Waals surface area (Å²) in [7, 11) is 0. The summed E-state index contributed by atoms with van der Waals surface area (Å²) in [5.41, 5.74) is -16.5. The van der Waals surface area contributed by atoms with Gasteiger partial charge in [-0.1, -0.05) is 0 Å². The highest BCUT2D eigenvalue weighted by molar-refractivity contribution is 5.81. The average Bonchev–Trinajstić information content (AvgIpc) is 2.47. The van der Waals surface area contributed by atoms with Crippen LogP contribution in [0.4, 0.5) is 83.4 Å². The first-order chi connectivity index (χ1) is 13.1. The number of hydrogen-bond donors (Lipinski definition) is 0. The quantitative estimate of drug-likeness (QED) is 0.288. The second-order valence-electron chi connectivity index (χ2n) is 5.69. The lowest BCUT2D eigenvalue weighted by Gasteiger charge is -2.56. The highest BCUT2D eigenvalue weighted by Gasteiger charge is 3.03. The van der Waals surface area contributed by atoms with Crippen LogP contribution in [0.15, 0.2) is 0 Å². The molecule has 1 aliphatic rings. The molecule has 0 aliphatic carbocycles. The highest BCUT2D eigenvalue weighted by Crippen LogP contribution is 2.70. The number of alkyl halides is 18. The molecule has 0 radical (unpaired) electrons. The monoisotopic (exact) mass is 511 g/mol. The molecular weight excluding hydrogens is 511 g/mol. The molecular formula is C10F19NO. The number of carbonyl (C=O) groups is 1. The van der Waals surface area contributed by atoms with Crippen LogP contribution in [0.1, 0.15) is 0 Å². The first kappa shape index (κ1) is 27.3. The summed E-state index contributed by atoms with van der Waals surface area (Å²) in [4.78, 5) is 5.23. The highest BCUT2D eigenvalue weighted by atomic mass is 19.4. The van der Waals surface area contributed by atoms with E-state index in [1.54, 1.807) is 0 Å². The van der Waals surface area contributed by atoms with Gasteiger partial charge in [0.1, 0.15) is 0 Å². The molecule has 0 spiro atoms. The van der Waals surface area contributed by atoms with E-state index in [1.807, 2.05) is 0 Å². The van der Waals surface area contributed by atoms with E-state index in [1.165, 1.54) is 0 Å². The van der Waals surface area contributed by atoms with E-state index >= 15 is 0 Å². The first-order valence-corrected chi connectivity index (χ1v) is 6.47. The van der Waals surface area contributed by atoms with Crippen LogP contribution in [0.2, 0.25) is 0 Å². The van der Waals surface area contributed by atoms with Crippen molar-refractivity contribution in [3.63, 3.8) is 0 Å². The van der Waals surface area contributed by atoms with Crippen molar-refractivity contribution in [1.82, 2.24) is 4.90 Å². The van der Waals surface area contributed by atoms with E-state index in [-0.39, 0.29) is 0 Å². The molecule has 0 bridgehead atoms. The molecule has 1 aliphatic heterocycles. The van der Waals surface area contributed by atoms with Crippen molar-refractivity contribution in [2.75, 3.05) is 0 Å². The Kier molecular flexibility index (Phi) is 5.47. The molecule has 0 N–H and O–H groups in total. The lowest BCUT2D eigenvalue weighted by atomic mass is 9.80. The predicted octanol–water partition coefficient (Wildman–Crippen LogP) is 5.39. The van der Waals surface area contributed by atoms with Gasteiger partial charge in [0.15, 0.2) is 0 Å². The minimum atomic E-state index is -8.52. The van der Waals surface area contributed by atoms with Crippen LogP contribution in [0.3, 0.4) is 0 Å². The van der Waals surface area contributed by atoms with Crippen LogP contribution in [0.5, 0.6) is 0 Å². The summed E-state index contributed by atoms with van der Waals surface area (Å²) in [6, 6.07) is -30.7. The van der Waals surface area contributed by atoms with Crippen LogP contribution in [-0.4, -0.2) is 64.6 Å². The summed E-state index contributed by atoms with van der Waals surface area (Å²) in [5.74, 6) is -17.0. The fraction of sp³-hybridized carbons (Fsp3) is 0.900. The summed E-state index contributed by atoms with van der Waals surface area (Å²) in [5, 5.41) is 0. The van der Waals surface area contributed by atoms with E-state index in [0.29, 0.717) is 0 Å². The largest absolute Gasteiger partial charge is 0.440 e. The van der Waals surface area contributed by atoms with Gasteiger partial charge >= 0.3 is 59.7 Å². The van der Waals surface area contributed by atoms with Gasteiger partial charge in [-0.05, 0) is 0 Å². The predicted molar refractivity (Wildman–Crippen MR) is 52.5 cm³/mol. The molecule has 0 aromatic carbocycles. The number of likely N-dealkylation sites (tertiary alicyclic amines) is 1. The average molecular weight is 511 g/mol. The Labute approximate surface area is 154 Å². The SMILES string of the molecule is O=C(F)C(F)(C(F)(F)F)C(F)(F)N1C(F)(F)C(F)(F)C(F)(C(F)(F)F)C(F)(F)C1(F)F. The molecule has 0 aromatic rings. The van der Waals surface area contributed by atoms with Crippen molar-refractivity contribution in [2.45, 2.75) is 53.7 Å². The molecule has 184 valence electrons.